The van der Waals surface area contributed by atoms with Gasteiger partial charge in [-0.1, -0.05) is 44.5 Å². The monoisotopic (exact) mass is 303 g/mol. The predicted molar refractivity (Wildman–Crippen MR) is 89.3 cm³/mol. The standard InChI is InChI=1S/C18H22ClNO/c1-4-15-11-17(8-9-18(15)19)21-16-7-5-6-14(10-16)12-20-13(2)3/h5-11,13,20H,4,12H2,1-3H3. The first-order valence-electron chi connectivity index (χ1n) is 7.37. The van der Waals surface area contributed by atoms with E-state index in [4.69, 9.17) is 16.3 Å². The minimum absolute atomic E-state index is 0.470. The van der Waals surface area contributed by atoms with Crippen LogP contribution >= 0.6 is 11.6 Å². The number of nitrogens with one attached hydrogen (secondary N) is 1. The molecule has 21 heavy (non-hydrogen) atoms. The van der Waals surface area contributed by atoms with Crippen LogP contribution in [0.2, 0.25) is 5.02 Å². The Morgan fingerprint density at radius 2 is 1.86 bits per heavy atom. The minimum Gasteiger partial charge on any atom is -0.457 e. The zero-order chi connectivity index (χ0) is 15.2. The van der Waals surface area contributed by atoms with Gasteiger partial charge >= 0.3 is 0 Å². The smallest absolute Gasteiger partial charge is 0.127 e. The lowest BCUT2D eigenvalue weighted by atomic mass is 10.1. The van der Waals surface area contributed by atoms with E-state index in [0.29, 0.717) is 6.04 Å². The van der Waals surface area contributed by atoms with Gasteiger partial charge in [0.25, 0.3) is 0 Å². The molecule has 3 heteroatoms. The molecular weight excluding hydrogens is 282 g/mol. The summed E-state index contributed by atoms with van der Waals surface area (Å²) >= 11 is 6.13. The molecule has 112 valence electrons. The van der Waals surface area contributed by atoms with Crippen LogP contribution < -0.4 is 10.1 Å². The van der Waals surface area contributed by atoms with Crippen LogP contribution in [0.15, 0.2) is 42.5 Å². The van der Waals surface area contributed by atoms with Gasteiger partial charge in [-0.25, -0.2) is 0 Å². The number of benzene rings is 2. The van der Waals surface area contributed by atoms with Gasteiger partial charge in [0, 0.05) is 17.6 Å². The van der Waals surface area contributed by atoms with E-state index in [-0.39, 0.29) is 0 Å². The Balaban J connectivity index is 2.10. The topological polar surface area (TPSA) is 21.3 Å². The summed E-state index contributed by atoms with van der Waals surface area (Å²) in [6, 6.07) is 14.4. The van der Waals surface area contributed by atoms with Crippen molar-refractivity contribution >= 4 is 11.6 Å². The third kappa shape index (κ3) is 4.76. The van der Waals surface area contributed by atoms with Crippen molar-refractivity contribution in [2.75, 3.05) is 0 Å². The first-order valence-corrected chi connectivity index (χ1v) is 7.75. The second kappa shape index (κ2) is 7.48. The quantitative estimate of drug-likeness (QED) is 0.792. The highest BCUT2D eigenvalue weighted by molar-refractivity contribution is 6.31. The van der Waals surface area contributed by atoms with Gasteiger partial charge in [-0.2, -0.15) is 0 Å². The lowest BCUT2D eigenvalue weighted by Gasteiger charge is -2.11. The highest BCUT2D eigenvalue weighted by Crippen LogP contribution is 2.27. The van der Waals surface area contributed by atoms with E-state index < -0.39 is 0 Å². The maximum Gasteiger partial charge on any atom is 0.127 e. The molecule has 1 N–H and O–H groups in total. The van der Waals surface area contributed by atoms with Gasteiger partial charge in [0.2, 0.25) is 0 Å². The number of hydrogen-bond acceptors (Lipinski definition) is 2. The van der Waals surface area contributed by atoms with Crippen molar-refractivity contribution in [2.45, 2.75) is 39.8 Å². The van der Waals surface area contributed by atoms with Crippen LogP contribution in [0.4, 0.5) is 0 Å². The van der Waals surface area contributed by atoms with Gasteiger partial charge in [-0.05, 0) is 47.9 Å². The first-order chi connectivity index (χ1) is 10.1. The van der Waals surface area contributed by atoms with E-state index in [1.54, 1.807) is 0 Å². The number of halogens is 1. The van der Waals surface area contributed by atoms with Crippen molar-refractivity contribution in [2.24, 2.45) is 0 Å². The molecule has 0 aromatic heterocycles. The first kappa shape index (κ1) is 15.9. The lowest BCUT2D eigenvalue weighted by Crippen LogP contribution is -2.21. The Bertz CT molecular complexity index is 596. The highest BCUT2D eigenvalue weighted by Gasteiger charge is 2.03. The molecule has 0 aliphatic rings. The van der Waals surface area contributed by atoms with Crippen molar-refractivity contribution < 1.29 is 4.74 Å². The van der Waals surface area contributed by atoms with E-state index in [1.165, 1.54) is 5.56 Å². The van der Waals surface area contributed by atoms with Gasteiger partial charge < -0.3 is 10.1 Å². The Hall–Kier alpha value is -1.51. The van der Waals surface area contributed by atoms with E-state index in [9.17, 15) is 0 Å². The van der Waals surface area contributed by atoms with Crippen LogP contribution in [0, 0.1) is 0 Å². The molecule has 2 nitrogen and oxygen atoms in total. The van der Waals surface area contributed by atoms with Crippen molar-refractivity contribution in [3.8, 4) is 11.5 Å². The molecule has 0 amide bonds. The third-order valence-corrected chi connectivity index (χ3v) is 3.62. The van der Waals surface area contributed by atoms with Gasteiger partial charge in [0.05, 0.1) is 0 Å². The van der Waals surface area contributed by atoms with Crippen LogP contribution in [0.25, 0.3) is 0 Å². The zero-order valence-electron chi connectivity index (χ0n) is 12.8. The van der Waals surface area contributed by atoms with E-state index in [2.05, 4.69) is 38.2 Å². The molecule has 0 atom stereocenters. The molecular formula is C18H22ClNO. The maximum atomic E-state index is 6.13. The molecule has 0 saturated heterocycles. The summed E-state index contributed by atoms with van der Waals surface area (Å²) < 4.78 is 5.94. The van der Waals surface area contributed by atoms with Gasteiger partial charge in [-0.3, -0.25) is 0 Å². The Kier molecular flexibility index (Phi) is 5.66. The molecule has 0 fully saturated rings. The summed E-state index contributed by atoms with van der Waals surface area (Å²) in [5, 5.41) is 4.20. The molecule has 0 aliphatic heterocycles. The Morgan fingerprint density at radius 1 is 1.10 bits per heavy atom. The van der Waals surface area contributed by atoms with Gasteiger partial charge in [0.15, 0.2) is 0 Å². The fraction of sp³-hybridized carbons (Fsp3) is 0.333. The van der Waals surface area contributed by atoms with Crippen LogP contribution in [-0.4, -0.2) is 6.04 Å². The van der Waals surface area contributed by atoms with Crippen molar-refractivity contribution in [1.82, 2.24) is 5.32 Å². The minimum atomic E-state index is 0.470. The largest absolute Gasteiger partial charge is 0.457 e. The average molecular weight is 304 g/mol. The SMILES string of the molecule is CCc1cc(Oc2cccc(CNC(C)C)c2)ccc1Cl. The lowest BCUT2D eigenvalue weighted by molar-refractivity contribution is 0.480. The molecule has 0 radical (unpaired) electrons. The van der Waals surface area contributed by atoms with Crippen LogP contribution in [0.1, 0.15) is 31.9 Å². The van der Waals surface area contributed by atoms with Crippen molar-refractivity contribution in [1.29, 1.82) is 0 Å². The summed E-state index contributed by atoms with van der Waals surface area (Å²) in [6.45, 7) is 7.21. The van der Waals surface area contributed by atoms with Crippen molar-refractivity contribution in [3.05, 3.63) is 58.6 Å². The van der Waals surface area contributed by atoms with E-state index in [0.717, 1.165) is 35.1 Å². The van der Waals surface area contributed by atoms with Crippen LogP contribution in [0.5, 0.6) is 11.5 Å². The maximum absolute atomic E-state index is 6.13. The van der Waals surface area contributed by atoms with Crippen molar-refractivity contribution in [3.63, 3.8) is 0 Å². The average Bonchev–Trinajstić information content (AvgIpc) is 2.47. The van der Waals surface area contributed by atoms with Crippen LogP contribution in [-0.2, 0) is 13.0 Å². The summed E-state index contributed by atoms with van der Waals surface area (Å²) in [7, 11) is 0. The van der Waals surface area contributed by atoms with E-state index >= 15 is 0 Å². The normalized spacial score (nSPS) is 10.9. The molecule has 2 aromatic rings. The fourth-order valence-corrected chi connectivity index (χ4v) is 2.31. The molecule has 0 heterocycles. The molecule has 0 bridgehead atoms. The summed E-state index contributed by atoms with van der Waals surface area (Å²) in [4.78, 5) is 0. The number of hydrogen-bond donors (Lipinski definition) is 1. The molecule has 0 saturated carbocycles. The Labute approximate surface area is 132 Å². The summed E-state index contributed by atoms with van der Waals surface area (Å²) in [5.41, 5.74) is 2.32. The number of ether oxygens (including phenoxy) is 1. The third-order valence-electron chi connectivity index (χ3n) is 3.25. The van der Waals surface area contributed by atoms with E-state index in [1.807, 2.05) is 30.3 Å². The molecule has 2 aromatic carbocycles. The number of aryl methyl sites for hydroxylation is 1. The highest BCUT2D eigenvalue weighted by atomic mass is 35.5. The number of rotatable bonds is 6. The summed E-state index contributed by atoms with van der Waals surface area (Å²) in [6.07, 6.45) is 0.897. The van der Waals surface area contributed by atoms with Gasteiger partial charge in [-0.15, -0.1) is 0 Å². The van der Waals surface area contributed by atoms with Crippen LogP contribution in [0.3, 0.4) is 0 Å². The molecule has 0 aliphatic carbocycles. The predicted octanol–water partition coefficient (Wildman–Crippen LogP) is 5.19. The van der Waals surface area contributed by atoms with Gasteiger partial charge in [0.1, 0.15) is 11.5 Å². The second-order valence-corrected chi connectivity index (χ2v) is 5.80. The zero-order valence-corrected chi connectivity index (χ0v) is 13.6. The Morgan fingerprint density at radius 3 is 2.57 bits per heavy atom. The molecule has 2 rings (SSSR count). The summed E-state index contributed by atoms with van der Waals surface area (Å²) in [5.74, 6) is 1.67. The fourth-order valence-electron chi connectivity index (χ4n) is 2.06. The second-order valence-electron chi connectivity index (χ2n) is 5.39. The molecule has 0 spiro atoms. The molecule has 0 unspecified atom stereocenters.